The van der Waals surface area contributed by atoms with Crippen LogP contribution in [0.4, 0.5) is 5.69 Å². The van der Waals surface area contributed by atoms with Gasteiger partial charge in [-0.2, -0.15) is 5.10 Å². The molecule has 1 aromatic carbocycles. The second-order valence-electron chi connectivity index (χ2n) is 5.77. The average molecular weight is 361 g/mol. The Kier molecular flexibility index (Phi) is 5.14. The molecule has 0 atom stereocenters. The topological polar surface area (TPSA) is 84.3 Å². The van der Waals surface area contributed by atoms with Crippen molar-refractivity contribution < 1.29 is 9.59 Å². The van der Waals surface area contributed by atoms with Crippen LogP contribution in [-0.4, -0.2) is 39.6 Å². The number of likely N-dealkylation sites (tertiary alicyclic amines) is 1. The summed E-state index contributed by atoms with van der Waals surface area (Å²) in [5.74, 6) is -0.632. The Hall–Kier alpha value is -2.67. The Morgan fingerprint density at radius 1 is 1.08 bits per heavy atom. The molecule has 0 bridgehead atoms. The number of amides is 2. The second kappa shape index (κ2) is 7.48. The highest BCUT2D eigenvalue weighted by Gasteiger charge is 2.21. The first-order valence-electron chi connectivity index (χ1n) is 7.96. The van der Waals surface area contributed by atoms with Gasteiger partial charge in [0, 0.05) is 29.9 Å². The van der Waals surface area contributed by atoms with Crippen molar-refractivity contribution in [3.05, 3.63) is 57.5 Å². The smallest absolute Gasteiger partial charge is 0.274 e. The van der Waals surface area contributed by atoms with Crippen molar-refractivity contribution in [2.24, 2.45) is 0 Å². The van der Waals surface area contributed by atoms with Crippen LogP contribution < -0.4 is 10.9 Å². The number of nitrogens with one attached hydrogen (secondary N) is 1. The molecule has 0 aliphatic carbocycles. The molecule has 0 saturated carbocycles. The van der Waals surface area contributed by atoms with Gasteiger partial charge in [0.25, 0.3) is 11.5 Å². The van der Waals surface area contributed by atoms with E-state index in [1.54, 1.807) is 29.2 Å². The van der Waals surface area contributed by atoms with Crippen LogP contribution in [0.2, 0.25) is 5.02 Å². The third kappa shape index (κ3) is 4.24. The monoisotopic (exact) mass is 360 g/mol. The first-order chi connectivity index (χ1) is 12.0. The highest BCUT2D eigenvalue weighted by Crippen LogP contribution is 2.13. The third-order valence-electron chi connectivity index (χ3n) is 3.90. The lowest BCUT2D eigenvalue weighted by molar-refractivity contribution is -0.117. The van der Waals surface area contributed by atoms with Gasteiger partial charge in [-0.3, -0.25) is 14.4 Å². The van der Waals surface area contributed by atoms with Gasteiger partial charge in [0.05, 0.1) is 0 Å². The van der Waals surface area contributed by atoms with Crippen molar-refractivity contribution in [2.45, 2.75) is 19.4 Å². The Morgan fingerprint density at radius 2 is 1.76 bits per heavy atom. The minimum Gasteiger partial charge on any atom is -0.337 e. The van der Waals surface area contributed by atoms with Crippen molar-refractivity contribution in [3.63, 3.8) is 0 Å². The number of halogens is 1. The molecule has 1 fully saturated rings. The van der Waals surface area contributed by atoms with Crippen LogP contribution in [0.15, 0.2) is 41.2 Å². The summed E-state index contributed by atoms with van der Waals surface area (Å²) in [5, 5.41) is 7.26. The van der Waals surface area contributed by atoms with Crippen LogP contribution in [0, 0.1) is 0 Å². The summed E-state index contributed by atoms with van der Waals surface area (Å²) in [6.07, 6.45) is 1.93. The second-order valence-corrected chi connectivity index (χ2v) is 6.21. The molecule has 2 heterocycles. The molecule has 0 spiro atoms. The van der Waals surface area contributed by atoms with E-state index in [1.807, 2.05) is 0 Å². The highest BCUT2D eigenvalue weighted by atomic mass is 35.5. The van der Waals surface area contributed by atoms with Crippen molar-refractivity contribution in [3.8, 4) is 0 Å². The summed E-state index contributed by atoms with van der Waals surface area (Å²) in [4.78, 5) is 38.1. The van der Waals surface area contributed by atoms with Gasteiger partial charge in [-0.15, -0.1) is 0 Å². The first-order valence-corrected chi connectivity index (χ1v) is 8.33. The van der Waals surface area contributed by atoms with Crippen molar-refractivity contribution in [1.82, 2.24) is 14.7 Å². The lowest BCUT2D eigenvalue weighted by atomic mass is 10.3. The molecule has 1 aliphatic rings. The Bertz CT molecular complexity index is 842. The number of anilines is 1. The number of hydrogen-bond donors (Lipinski definition) is 1. The van der Waals surface area contributed by atoms with E-state index in [1.165, 1.54) is 12.1 Å². The maximum absolute atomic E-state index is 12.4. The van der Waals surface area contributed by atoms with Crippen LogP contribution in [0.5, 0.6) is 0 Å². The van der Waals surface area contributed by atoms with E-state index in [0.29, 0.717) is 23.8 Å². The van der Waals surface area contributed by atoms with Gasteiger partial charge >= 0.3 is 0 Å². The van der Waals surface area contributed by atoms with E-state index in [0.717, 1.165) is 17.5 Å². The van der Waals surface area contributed by atoms with Crippen molar-refractivity contribution >= 4 is 29.1 Å². The lowest BCUT2D eigenvalue weighted by Crippen LogP contribution is -2.34. The van der Waals surface area contributed by atoms with E-state index in [9.17, 15) is 14.4 Å². The maximum atomic E-state index is 12.4. The first kappa shape index (κ1) is 17.2. The number of hydrogen-bond acceptors (Lipinski definition) is 4. The van der Waals surface area contributed by atoms with E-state index in [2.05, 4.69) is 10.4 Å². The molecule has 0 unspecified atom stereocenters. The molecule has 1 N–H and O–H groups in total. The Morgan fingerprint density at radius 3 is 2.44 bits per heavy atom. The molecular weight excluding hydrogens is 344 g/mol. The molecule has 3 rings (SSSR count). The van der Waals surface area contributed by atoms with E-state index in [-0.39, 0.29) is 18.1 Å². The van der Waals surface area contributed by atoms with Crippen molar-refractivity contribution in [1.29, 1.82) is 0 Å². The molecule has 130 valence electrons. The summed E-state index contributed by atoms with van der Waals surface area (Å²) in [6.45, 7) is 1.11. The fraction of sp³-hybridized carbons (Fsp3) is 0.294. The normalized spacial score (nSPS) is 13.7. The fourth-order valence-electron chi connectivity index (χ4n) is 2.63. The van der Waals surface area contributed by atoms with Crippen molar-refractivity contribution in [2.75, 3.05) is 18.4 Å². The van der Waals surface area contributed by atoms with E-state index >= 15 is 0 Å². The summed E-state index contributed by atoms with van der Waals surface area (Å²) in [5.41, 5.74) is 0.289. The van der Waals surface area contributed by atoms with E-state index in [4.69, 9.17) is 11.6 Å². The van der Waals surface area contributed by atoms with Gasteiger partial charge in [-0.05, 0) is 43.2 Å². The average Bonchev–Trinajstić information content (AvgIpc) is 3.13. The molecule has 1 aromatic heterocycles. The number of aromatic nitrogens is 2. The largest absolute Gasteiger partial charge is 0.337 e. The number of carbonyl (C=O) groups excluding carboxylic acids is 2. The van der Waals surface area contributed by atoms with Crippen LogP contribution in [0.25, 0.3) is 0 Å². The van der Waals surface area contributed by atoms with Gasteiger partial charge in [0.15, 0.2) is 0 Å². The lowest BCUT2D eigenvalue weighted by Gasteiger charge is -2.15. The molecule has 1 aliphatic heterocycles. The zero-order chi connectivity index (χ0) is 17.8. The van der Waals surface area contributed by atoms with Gasteiger partial charge in [0.1, 0.15) is 12.2 Å². The molecule has 0 radical (unpaired) electrons. The standard InChI is InChI=1S/C17H17ClN4O3/c18-12-3-5-13(6-4-12)19-15(23)11-22-16(24)8-7-14(20-22)17(25)21-9-1-2-10-21/h3-8H,1-2,9-11H2,(H,19,23). The molecule has 2 amide bonds. The Balaban J connectivity index is 1.71. The van der Waals surface area contributed by atoms with E-state index < -0.39 is 11.5 Å². The molecular formula is C17H17ClN4O3. The van der Waals surface area contributed by atoms with Crippen LogP contribution >= 0.6 is 11.6 Å². The zero-order valence-corrected chi connectivity index (χ0v) is 14.2. The van der Waals surface area contributed by atoms with Gasteiger partial charge in [-0.25, -0.2) is 4.68 Å². The predicted octanol–water partition coefficient (Wildman–Crippen LogP) is 1.77. The number of benzene rings is 1. The van der Waals surface area contributed by atoms with Gasteiger partial charge in [0.2, 0.25) is 5.91 Å². The molecule has 7 nitrogen and oxygen atoms in total. The summed E-state index contributed by atoms with van der Waals surface area (Å²) in [6, 6.07) is 9.27. The van der Waals surface area contributed by atoms with Gasteiger partial charge < -0.3 is 10.2 Å². The highest BCUT2D eigenvalue weighted by molar-refractivity contribution is 6.30. The molecule has 25 heavy (non-hydrogen) atoms. The minimum atomic E-state index is -0.441. The number of nitrogens with zero attached hydrogens (tertiary/aromatic N) is 3. The quantitative estimate of drug-likeness (QED) is 0.900. The molecule has 1 saturated heterocycles. The fourth-order valence-corrected chi connectivity index (χ4v) is 2.75. The Labute approximate surface area is 149 Å². The number of carbonyl (C=O) groups is 2. The third-order valence-corrected chi connectivity index (χ3v) is 4.15. The van der Waals surface area contributed by atoms with Crippen LogP contribution in [0.3, 0.4) is 0 Å². The molecule has 2 aromatic rings. The SMILES string of the molecule is O=C(Cn1nc(C(=O)N2CCCC2)ccc1=O)Nc1ccc(Cl)cc1. The summed E-state index contributed by atoms with van der Waals surface area (Å²) >= 11 is 5.80. The van der Waals surface area contributed by atoms with Crippen LogP contribution in [-0.2, 0) is 11.3 Å². The minimum absolute atomic E-state index is 0.167. The van der Waals surface area contributed by atoms with Crippen LogP contribution in [0.1, 0.15) is 23.3 Å². The predicted molar refractivity (Wildman–Crippen MR) is 93.7 cm³/mol. The zero-order valence-electron chi connectivity index (χ0n) is 13.4. The number of rotatable bonds is 4. The molecule has 8 heteroatoms. The maximum Gasteiger partial charge on any atom is 0.274 e. The van der Waals surface area contributed by atoms with Gasteiger partial charge in [-0.1, -0.05) is 11.6 Å². The summed E-state index contributed by atoms with van der Waals surface area (Å²) < 4.78 is 0.995. The summed E-state index contributed by atoms with van der Waals surface area (Å²) in [7, 11) is 0.